The van der Waals surface area contributed by atoms with Crippen LogP contribution in [0.1, 0.15) is 43.0 Å². The predicted molar refractivity (Wildman–Crippen MR) is 78.0 cm³/mol. The second-order valence-electron chi connectivity index (χ2n) is 4.75. The summed E-state index contributed by atoms with van der Waals surface area (Å²) >= 11 is 0. The number of hydrogen-bond donors (Lipinski definition) is 2. The molecule has 0 bridgehead atoms. The average molecular weight is 288 g/mol. The number of fused-ring (bicyclic) bond motifs is 2. The Hall–Kier alpha value is -3.64. The summed E-state index contributed by atoms with van der Waals surface area (Å²) in [5.41, 5.74) is 11.2. The first-order valence-corrected chi connectivity index (χ1v) is 6.26. The molecule has 0 aromatic heterocycles. The second kappa shape index (κ2) is 4.44. The molecule has 0 aliphatic heterocycles. The lowest BCUT2D eigenvalue weighted by Crippen LogP contribution is -2.25. The van der Waals surface area contributed by atoms with Crippen molar-refractivity contribution in [3.63, 3.8) is 0 Å². The van der Waals surface area contributed by atoms with Crippen LogP contribution in [0, 0.1) is 22.7 Å². The zero-order valence-corrected chi connectivity index (χ0v) is 11.2. The summed E-state index contributed by atoms with van der Waals surface area (Å²) in [4.78, 5) is 25.2. The van der Waals surface area contributed by atoms with Crippen LogP contribution in [0.25, 0.3) is 0 Å². The van der Waals surface area contributed by atoms with E-state index in [4.69, 9.17) is 11.5 Å². The smallest absolute Gasteiger partial charge is 0.196 e. The second-order valence-corrected chi connectivity index (χ2v) is 4.75. The summed E-state index contributed by atoms with van der Waals surface area (Å²) in [6, 6.07) is 9.83. The topological polar surface area (TPSA) is 134 Å². The Bertz CT molecular complexity index is 884. The number of anilines is 2. The molecule has 1 aliphatic carbocycles. The van der Waals surface area contributed by atoms with Crippen LogP contribution in [0.4, 0.5) is 11.4 Å². The Morgan fingerprint density at radius 3 is 1.45 bits per heavy atom. The first-order valence-electron chi connectivity index (χ1n) is 6.26. The van der Waals surface area contributed by atoms with E-state index >= 15 is 0 Å². The molecular formula is C16H8N4O2. The summed E-state index contributed by atoms with van der Waals surface area (Å²) in [7, 11) is 0. The molecule has 6 heteroatoms. The van der Waals surface area contributed by atoms with Gasteiger partial charge in [-0.2, -0.15) is 10.5 Å². The van der Waals surface area contributed by atoms with Gasteiger partial charge in [-0.25, -0.2) is 0 Å². The molecule has 6 nitrogen and oxygen atoms in total. The third-order valence-corrected chi connectivity index (χ3v) is 3.67. The molecule has 0 saturated heterocycles. The SMILES string of the molecule is N#Cc1c(N)c2c(c(N)c1C#N)C(=O)c1ccccc1C2=O. The van der Waals surface area contributed by atoms with Crippen molar-refractivity contribution in [1.82, 2.24) is 0 Å². The highest BCUT2D eigenvalue weighted by atomic mass is 16.1. The summed E-state index contributed by atoms with van der Waals surface area (Å²) in [5, 5.41) is 18.3. The monoisotopic (exact) mass is 288 g/mol. The number of carbonyl (C=O) groups excluding carboxylic acids is 2. The molecule has 0 atom stereocenters. The maximum Gasteiger partial charge on any atom is 0.196 e. The molecule has 3 rings (SSSR count). The van der Waals surface area contributed by atoms with Gasteiger partial charge in [-0.1, -0.05) is 24.3 Å². The largest absolute Gasteiger partial charge is 0.397 e. The highest BCUT2D eigenvalue weighted by Crippen LogP contribution is 2.38. The number of hydrogen-bond acceptors (Lipinski definition) is 6. The number of nitrogens with zero attached hydrogens (tertiary/aromatic N) is 2. The molecule has 0 saturated carbocycles. The number of benzene rings is 2. The number of rotatable bonds is 0. The van der Waals surface area contributed by atoms with E-state index in [0.717, 1.165) is 0 Å². The summed E-state index contributed by atoms with van der Waals surface area (Å²) < 4.78 is 0. The molecule has 4 N–H and O–H groups in total. The van der Waals surface area contributed by atoms with Crippen LogP contribution >= 0.6 is 0 Å². The maximum absolute atomic E-state index is 12.6. The van der Waals surface area contributed by atoms with E-state index in [-0.39, 0.29) is 44.8 Å². The van der Waals surface area contributed by atoms with Crippen LogP contribution in [0.5, 0.6) is 0 Å². The van der Waals surface area contributed by atoms with Gasteiger partial charge in [0.2, 0.25) is 0 Å². The fraction of sp³-hybridized carbons (Fsp3) is 0. The van der Waals surface area contributed by atoms with Gasteiger partial charge in [-0.3, -0.25) is 9.59 Å². The highest BCUT2D eigenvalue weighted by Gasteiger charge is 2.35. The van der Waals surface area contributed by atoms with Crippen LogP contribution in [0.15, 0.2) is 24.3 Å². The number of nitrogens with two attached hydrogens (primary N) is 2. The number of nitriles is 2. The van der Waals surface area contributed by atoms with E-state index in [0.29, 0.717) is 0 Å². The van der Waals surface area contributed by atoms with Crippen LogP contribution in [0.2, 0.25) is 0 Å². The Morgan fingerprint density at radius 1 is 0.773 bits per heavy atom. The van der Waals surface area contributed by atoms with Gasteiger partial charge >= 0.3 is 0 Å². The molecule has 0 heterocycles. The standard InChI is InChI=1S/C16H8N4O2/c17-5-9-10(6-18)14(20)12-11(13(9)19)15(21)7-3-1-2-4-8(7)16(12)22/h1-4H,19-20H2. The molecule has 1 aliphatic rings. The van der Waals surface area contributed by atoms with Gasteiger partial charge in [-0.15, -0.1) is 0 Å². The normalized spacial score (nSPS) is 12.1. The van der Waals surface area contributed by atoms with Gasteiger partial charge in [0.05, 0.1) is 33.6 Å². The van der Waals surface area contributed by atoms with Crippen molar-refractivity contribution in [3.8, 4) is 12.1 Å². The summed E-state index contributed by atoms with van der Waals surface area (Å²) in [5.74, 6) is -0.953. The first kappa shape index (κ1) is 13.3. The molecular weight excluding hydrogens is 280 g/mol. The van der Waals surface area contributed by atoms with Crippen LogP contribution in [0.3, 0.4) is 0 Å². The van der Waals surface area contributed by atoms with E-state index in [1.165, 1.54) is 12.1 Å². The molecule has 2 aromatic rings. The van der Waals surface area contributed by atoms with Gasteiger partial charge in [0.1, 0.15) is 12.1 Å². The van der Waals surface area contributed by atoms with Gasteiger partial charge in [-0.05, 0) is 0 Å². The minimum absolute atomic E-state index is 0.100. The van der Waals surface area contributed by atoms with Crippen LogP contribution in [-0.4, -0.2) is 11.6 Å². The van der Waals surface area contributed by atoms with Gasteiger partial charge < -0.3 is 11.5 Å². The summed E-state index contributed by atoms with van der Waals surface area (Å²) in [6.07, 6.45) is 0. The first-order chi connectivity index (χ1) is 10.5. The van der Waals surface area contributed by atoms with Crippen LogP contribution < -0.4 is 11.5 Å². The Kier molecular flexibility index (Phi) is 2.69. The summed E-state index contributed by atoms with van der Waals surface area (Å²) in [6.45, 7) is 0. The minimum Gasteiger partial charge on any atom is -0.397 e. The quantitative estimate of drug-likeness (QED) is 0.600. The van der Waals surface area contributed by atoms with Crippen molar-refractivity contribution in [3.05, 3.63) is 57.6 Å². The van der Waals surface area contributed by atoms with Gasteiger partial charge in [0.15, 0.2) is 11.6 Å². The Morgan fingerprint density at radius 2 is 1.14 bits per heavy atom. The van der Waals surface area contributed by atoms with Crippen molar-refractivity contribution >= 4 is 22.9 Å². The third kappa shape index (κ3) is 1.46. The maximum atomic E-state index is 12.6. The average Bonchev–Trinajstić information content (AvgIpc) is 2.53. The lowest BCUT2D eigenvalue weighted by molar-refractivity contribution is 0.0980. The minimum atomic E-state index is -0.476. The molecule has 0 radical (unpaired) electrons. The van der Waals surface area contributed by atoms with Crippen molar-refractivity contribution in [2.75, 3.05) is 11.5 Å². The van der Waals surface area contributed by atoms with Crippen molar-refractivity contribution in [1.29, 1.82) is 10.5 Å². The highest BCUT2D eigenvalue weighted by molar-refractivity contribution is 6.32. The number of nitrogen functional groups attached to an aromatic ring is 2. The lowest BCUT2D eigenvalue weighted by Gasteiger charge is -2.21. The molecule has 22 heavy (non-hydrogen) atoms. The van der Waals surface area contributed by atoms with E-state index in [2.05, 4.69) is 0 Å². The van der Waals surface area contributed by atoms with Crippen molar-refractivity contribution in [2.24, 2.45) is 0 Å². The molecule has 0 unspecified atom stereocenters. The number of ketones is 2. The van der Waals surface area contributed by atoms with Gasteiger partial charge in [0, 0.05) is 11.1 Å². The zero-order chi connectivity index (χ0) is 16.0. The van der Waals surface area contributed by atoms with E-state index in [9.17, 15) is 20.1 Å². The molecule has 0 amide bonds. The lowest BCUT2D eigenvalue weighted by atomic mass is 9.80. The van der Waals surface area contributed by atoms with Gasteiger partial charge in [0.25, 0.3) is 0 Å². The zero-order valence-electron chi connectivity index (χ0n) is 11.2. The fourth-order valence-corrected chi connectivity index (χ4v) is 2.64. The van der Waals surface area contributed by atoms with Crippen LogP contribution in [-0.2, 0) is 0 Å². The third-order valence-electron chi connectivity index (χ3n) is 3.67. The number of carbonyl (C=O) groups is 2. The van der Waals surface area contributed by atoms with E-state index in [1.807, 2.05) is 0 Å². The molecule has 104 valence electrons. The molecule has 2 aromatic carbocycles. The Balaban J connectivity index is 2.50. The van der Waals surface area contributed by atoms with E-state index in [1.54, 1.807) is 24.3 Å². The van der Waals surface area contributed by atoms with Crippen molar-refractivity contribution < 1.29 is 9.59 Å². The fourth-order valence-electron chi connectivity index (χ4n) is 2.64. The van der Waals surface area contributed by atoms with Crippen molar-refractivity contribution in [2.45, 2.75) is 0 Å². The van der Waals surface area contributed by atoms with E-state index < -0.39 is 11.6 Å². The molecule has 0 spiro atoms. The predicted octanol–water partition coefficient (Wildman–Crippen LogP) is 1.37. The Labute approximate surface area is 125 Å². The molecule has 0 fully saturated rings.